The van der Waals surface area contributed by atoms with Gasteiger partial charge in [0.1, 0.15) is 6.04 Å². The van der Waals surface area contributed by atoms with Crippen LogP contribution in [-0.4, -0.2) is 37.2 Å². The Labute approximate surface area is 73.9 Å². The first-order valence-corrected chi connectivity index (χ1v) is 4.47. The summed E-state index contributed by atoms with van der Waals surface area (Å²) in [5.74, 6) is 0.410. The Balaban J connectivity index is 2.47. The molecule has 0 bridgehead atoms. The maximum atomic E-state index is 8.92. The zero-order valence-corrected chi connectivity index (χ0v) is 7.79. The highest BCUT2D eigenvalue weighted by Gasteiger charge is 2.22. The average molecular weight is 168 g/mol. The highest BCUT2D eigenvalue weighted by molar-refractivity contribution is 4.94. The minimum Gasteiger partial charge on any atom is -0.379 e. The summed E-state index contributed by atoms with van der Waals surface area (Å²) in [4.78, 5) is 2.20. The van der Waals surface area contributed by atoms with Gasteiger partial charge < -0.3 is 4.74 Å². The Bertz CT molecular complexity index is 168. The van der Waals surface area contributed by atoms with E-state index < -0.39 is 0 Å². The molecule has 0 aliphatic carbocycles. The minimum absolute atomic E-state index is 0.0638. The lowest BCUT2D eigenvalue weighted by Crippen LogP contribution is -2.45. The molecule has 1 aliphatic rings. The summed E-state index contributed by atoms with van der Waals surface area (Å²) in [6, 6.07) is 2.41. The van der Waals surface area contributed by atoms with Crippen molar-refractivity contribution >= 4 is 0 Å². The smallest absolute Gasteiger partial charge is 0.100 e. The van der Waals surface area contributed by atoms with E-state index in [1.807, 2.05) is 0 Å². The van der Waals surface area contributed by atoms with Gasteiger partial charge in [0.05, 0.1) is 19.3 Å². The summed E-state index contributed by atoms with van der Waals surface area (Å²) in [6.07, 6.45) is 0. The molecule has 68 valence electrons. The normalized spacial score (nSPS) is 22.2. The van der Waals surface area contributed by atoms with Crippen LogP contribution in [0.1, 0.15) is 13.8 Å². The fraction of sp³-hybridized carbons (Fsp3) is 0.889. The number of ether oxygens (including phenoxy) is 1. The highest BCUT2D eigenvalue weighted by Crippen LogP contribution is 2.11. The molecule has 1 saturated heterocycles. The van der Waals surface area contributed by atoms with Gasteiger partial charge in [-0.1, -0.05) is 13.8 Å². The molecule has 0 aromatic carbocycles. The maximum absolute atomic E-state index is 8.92. The molecule has 0 aromatic rings. The minimum atomic E-state index is 0.0638. The first kappa shape index (κ1) is 9.50. The first-order valence-electron chi connectivity index (χ1n) is 4.47. The number of morpholine rings is 1. The van der Waals surface area contributed by atoms with Gasteiger partial charge in [-0.15, -0.1) is 0 Å². The summed E-state index contributed by atoms with van der Waals surface area (Å²) < 4.78 is 5.22. The SMILES string of the molecule is CC(C)C(C#N)N1CCOCC1. The van der Waals surface area contributed by atoms with Crippen molar-refractivity contribution in [1.29, 1.82) is 5.26 Å². The molecule has 1 rings (SSSR count). The molecule has 1 heterocycles. The van der Waals surface area contributed by atoms with E-state index in [-0.39, 0.29) is 6.04 Å². The molecule has 3 nitrogen and oxygen atoms in total. The summed E-state index contributed by atoms with van der Waals surface area (Å²) >= 11 is 0. The molecule has 1 fully saturated rings. The van der Waals surface area contributed by atoms with Crippen molar-refractivity contribution in [3.8, 4) is 6.07 Å². The van der Waals surface area contributed by atoms with Crippen molar-refractivity contribution in [2.45, 2.75) is 19.9 Å². The van der Waals surface area contributed by atoms with Crippen LogP contribution in [0, 0.1) is 17.2 Å². The molecule has 0 spiro atoms. The second-order valence-corrected chi connectivity index (χ2v) is 3.47. The van der Waals surface area contributed by atoms with Crippen LogP contribution < -0.4 is 0 Å². The fourth-order valence-corrected chi connectivity index (χ4v) is 1.51. The third kappa shape index (κ3) is 2.20. The molecule has 1 aliphatic heterocycles. The van der Waals surface area contributed by atoms with Gasteiger partial charge in [0, 0.05) is 13.1 Å². The van der Waals surface area contributed by atoms with Gasteiger partial charge in [0.25, 0.3) is 0 Å². The molecule has 1 unspecified atom stereocenters. The summed E-state index contributed by atoms with van der Waals surface area (Å²) in [7, 11) is 0. The molecular weight excluding hydrogens is 152 g/mol. The predicted octanol–water partition coefficient (Wildman–Crippen LogP) is 0.867. The Kier molecular flexibility index (Phi) is 3.51. The standard InChI is InChI=1S/C9H16N2O/c1-8(2)9(7-10)11-3-5-12-6-4-11/h8-9H,3-6H2,1-2H3. The van der Waals surface area contributed by atoms with Gasteiger partial charge in [0.2, 0.25) is 0 Å². The van der Waals surface area contributed by atoms with Crippen molar-refractivity contribution in [3.63, 3.8) is 0 Å². The zero-order chi connectivity index (χ0) is 8.97. The molecule has 0 radical (unpaired) electrons. The van der Waals surface area contributed by atoms with Crippen molar-refractivity contribution in [3.05, 3.63) is 0 Å². The lowest BCUT2D eigenvalue weighted by atomic mass is 10.0. The van der Waals surface area contributed by atoms with Gasteiger partial charge in [-0.2, -0.15) is 5.26 Å². The van der Waals surface area contributed by atoms with E-state index in [9.17, 15) is 0 Å². The van der Waals surface area contributed by atoms with Crippen LogP contribution in [0.25, 0.3) is 0 Å². The van der Waals surface area contributed by atoms with Gasteiger partial charge in [-0.3, -0.25) is 4.90 Å². The zero-order valence-electron chi connectivity index (χ0n) is 7.79. The number of rotatable bonds is 2. The van der Waals surface area contributed by atoms with Crippen molar-refractivity contribution in [1.82, 2.24) is 4.90 Å². The fourth-order valence-electron chi connectivity index (χ4n) is 1.51. The van der Waals surface area contributed by atoms with Crippen LogP contribution in [0.4, 0.5) is 0 Å². The molecule has 3 heteroatoms. The molecule has 12 heavy (non-hydrogen) atoms. The van der Waals surface area contributed by atoms with Gasteiger partial charge in [-0.25, -0.2) is 0 Å². The van der Waals surface area contributed by atoms with E-state index in [2.05, 4.69) is 24.8 Å². The maximum Gasteiger partial charge on any atom is 0.100 e. The topological polar surface area (TPSA) is 36.3 Å². The Morgan fingerprint density at radius 3 is 2.33 bits per heavy atom. The number of hydrogen-bond acceptors (Lipinski definition) is 3. The third-order valence-corrected chi connectivity index (χ3v) is 2.20. The monoisotopic (exact) mass is 168 g/mol. The molecule has 0 N–H and O–H groups in total. The lowest BCUT2D eigenvalue weighted by molar-refractivity contribution is 0.0190. The van der Waals surface area contributed by atoms with E-state index in [1.165, 1.54) is 0 Å². The molecule has 1 atom stereocenters. The van der Waals surface area contributed by atoms with E-state index in [0.29, 0.717) is 5.92 Å². The van der Waals surface area contributed by atoms with Crippen LogP contribution in [-0.2, 0) is 4.74 Å². The van der Waals surface area contributed by atoms with Crippen LogP contribution in [0.3, 0.4) is 0 Å². The highest BCUT2D eigenvalue weighted by atomic mass is 16.5. The second kappa shape index (κ2) is 4.44. The van der Waals surface area contributed by atoms with Gasteiger partial charge >= 0.3 is 0 Å². The number of hydrogen-bond donors (Lipinski definition) is 0. The Morgan fingerprint density at radius 2 is 1.92 bits per heavy atom. The predicted molar refractivity (Wildman–Crippen MR) is 46.6 cm³/mol. The largest absolute Gasteiger partial charge is 0.379 e. The van der Waals surface area contributed by atoms with Crippen LogP contribution in [0.2, 0.25) is 0 Å². The molecule has 0 aromatic heterocycles. The van der Waals surface area contributed by atoms with Crippen LogP contribution in [0.15, 0.2) is 0 Å². The Hall–Kier alpha value is -0.590. The van der Waals surface area contributed by atoms with Crippen molar-refractivity contribution in [2.75, 3.05) is 26.3 Å². The van der Waals surface area contributed by atoms with E-state index in [4.69, 9.17) is 10.00 Å². The summed E-state index contributed by atoms with van der Waals surface area (Å²) in [5.41, 5.74) is 0. The van der Waals surface area contributed by atoms with E-state index in [1.54, 1.807) is 0 Å². The van der Waals surface area contributed by atoms with Crippen LogP contribution in [0.5, 0.6) is 0 Å². The van der Waals surface area contributed by atoms with Crippen LogP contribution >= 0.6 is 0 Å². The lowest BCUT2D eigenvalue weighted by Gasteiger charge is -2.32. The van der Waals surface area contributed by atoms with Crippen molar-refractivity contribution in [2.24, 2.45) is 5.92 Å². The molecular formula is C9H16N2O. The first-order chi connectivity index (χ1) is 5.75. The third-order valence-electron chi connectivity index (χ3n) is 2.20. The average Bonchev–Trinajstić information content (AvgIpc) is 2.07. The summed E-state index contributed by atoms with van der Waals surface area (Å²) in [6.45, 7) is 7.51. The number of nitrogens with zero attached hydrogens (tertiary/aromatic N) is 2. The Morgan fingerprint density at radius 1 is 1.33 bits per heavy atom. The van der Waals surface area contributed by atoms with Gasteiger partial charge in [-0.05, 0) is 5.92 Å². The molecule has 0 saturated carbocycles. The number of nitriles is 1. The van der Waals surface area contributed by atoms with E-state index in [0.717, 1.165) is 26.3 Å². The van der Waals surface area contributed by atoms with E-state index >= 15 is 0 Å². The second-order valence-electron chi connectivity index (χ2n) is 3.47. The molecule has 0 amide bonds. The van der Waals surface area contributed by atoms with Gasteiger partial charge in [0.15, 0.2) is 0 Å². The quantitative estimate of drug-likeness (QED) is 0.613. The summed E-state index contributed by atoms with van der Waals surface area (Å²) in [5, 5.41) is 8.92. The van der Waals surface area contributed by atoms with Crippen molar-refractivity contribution < 1.29 is 4.74 Å².